The fraction of sp³-hybridized carbons (Fsp3) is 0.214. The number of hydrogen-bond donors (Lipinski definition) is 4. The number of nitrogens with one attached hydrogen (secondary N) is 3. The Morgan fingerprint density at radius 2 is 1.82 bits per heavy atom. The molecule has 4 aromatic carbocycles. The van der Waals surface area contributed by atoms with Crippen molar-refractivity contribution in [2.45, 2.75) is 40.7 Å². The molecule has 4 N–H and O–H groups in total. The summed E-state index contributed by atoms with van der Waals surface area (Å²) < 4.78 is 49.3. The second kappa shape index (κ2) is 18.0. The number of aromatic amines is 1. The van der Waals surface area contributed by atoms with Crippen molar-refractivity contribution in [1.29, 1.82) is 0 Å². The minimum Gasteiger partial charge on any atom is -0.455 e. The average Bonchev–Trinajstić information content (AvgIpc) is 3.68. The van der Waals surface area contributed by atoms with Crippen molar-refractivity contribution in [1.82, 2.24) is 14.7 Å². The molecule has 1 amide bonds. The van der Waals surface area contributed by atoms with Gasteiger partial charge in [0.1, 0.15) is 23.4 Å². The van der Waals surface area contributed by atoms with Crippen LogP contribution in [0.3, 0.4) is 0 Å². The SMILES string of the molecule is O=CCCNc1ccc(SNC(=O)c2ccc(N3CCC(C(O)c4ccccc4-c4ccc(Cl)cc4)CC3)cc2Oc2cnc3[nH]ccc3c2)cc1SC(F)(F)F. The van der Waals surface area contributed by atoms with Crippen molar-refractivity contribution < 1.29 is 32.6 Å². The van der Waals surface area contributed by atoms with Crippen LogP contribution in [0.15, 0.2) is 119 Å². The van der Waals surface area contributed by atoms with Crippen LogP contribution in [0, 0.1) is 5.92 Å². The van der Waals surface area contributed by atoms with Crippen LogP contribution in [0.4, 0.5) is 24.5 Å². The third kappa shape index (κ3) is 10.1. The largest absolute Gasteiger partial charge is 0.455 e. The number of anilines is 2. The Bertz CT molecular complexity index is 2350. The number of piperidine rings is 1. The minimum atomic E-state index is -4.54. The second-order valence-electron chi connectivity index (χ2n) is 13.4. The Morgan fingerprint density at radius 1 is 1.04 bits per heavy atom. The molecule has 9 nitrogen and oxygen atoms in total. The summed E-state index contributed by atoms with van der Waals surface area (Å²) in [6.45, 7) is 1.49. The number of aliphatic hydroxyl groups excluding tert-OH is 1. The Kier molecular flexibility index (Phi) is 12.6. The van der Waals surface area contributed by atoms with E-state index >= 15 is 0 Å². The first-order valence-corrected chi connectivity index (χ1v) is 20.1. The lowest BCUT2D eigenvalue weighted by molar-refractivity contribution is -0.107. The summed E-state index contributed by atoms with van der Waals surface area (Å²) in [5, 5.41) is 16.0. The molecule has 0 radical (unpaired) electrons. The van der Waals surface area contributed by atoms with Gasteiger partial charge in [0.25, 0.3) is 5.91 Å². The zero-order chi connectivity index (χ0) is 39.9. The molecule has 3 heterocycles. The maximum atomic E-state index is 13.7. The van der Waals surface area contributed by atoms with E-state index < -0.39 is 17.5 Å². The summed E-state index contributed by atoms with van der Waals surface area (Å²) >= 11 is 6.73. The van der Waals surface area contributed by atoms with Gasteiger partial charge in [0, 0.05) is 69.9 Å². The molecule has 15 heteroatoms. The summed E-state index contributed by atoms with van der Waals surface area (Å²) in [5.41, 5.74) is 0.217. The summed E-state index contributed by atoms with van der Waals surface area (Å²) in [7, 11) is 0. The van der Waals surface area contributed by atoms with E-state index in [1.807, 2.05) is 60.7 Å². The molecule has 57 heavy (non-hydrogen) atoms. The maximum absolute atomic E-state index is 13.7. The van der Waals surface area contributed by atoms with E-state index in [4.69, 9.17) is 16.3 Å². The molecule has 1 atom stereocenters. The van der Waals surface area contributed by atoms with Gasteiger partial charge in [-0.05, 0) is 114 Å². The number of aldehydes is 1. The van der Waals surface area contributed by atoms with Gasteiger partial charge in [-0.2, -0.15) is 13.2 Å². The number of halogens is 4. The topological polar surface area (TPSA) is 120 Å². The summed E-state index contributed by atoms with van der Waals surface area (Å²) in [4.78, 5) is 34.4. The number of amides is 1. The highest BCUT2D eigenvalue weighted by Gasteiger charge is 2.31. The van der Waals surface area contributed by atoms with Crippen LogP contribution in [0.1, 0.15) is 41.3 Å². The van der Waals surface area contributed by atoms with Crippen molar-refractivity contribution in [3.63, 3.8) is 0 Å². The number of H-pyrrole nitrogens is 1. The second-order valence-corrected chi connectivity index (χ2v) is 15.8. The third-order valence-corrected chi connectivity index (χ3v) is 11.4. The van der Waals surface area contributed by atoms with Gasteiger partial charge in [0.2, 0.25) is 0 Å². The van der Waals surface area contributed by atoms with Crippen molar-refractivity contribution in [2.75, 3.05) is 29.9 Å². The van der Waals surface area contributed by atoms with Gasteiger partial charge in [-0.25, -0.2) is 4.98 Å². The van der Waals surface area contributed by atoms with Gasteiger partial charge in [-0.15, -0.1) is 0 Å². The van der Waals surface area contributed by atoms with Crippen molar-refractivity contribution in [3.05, 3.63) is 126 Å². The number of fused-ring (bicyclic) bond motifs is 1. The predicted octanol–water partition coefficient (Wildman–Crippen LogP) is 10.7. The Morgan fingerprint density at radius 3 is 2.60 bits per heavy atom. The first-order chi connectivity index (χ1) is 27.5. The lowest BCUT2D eigenvalue weighted by Crippen LogP contribution is -2.35. The van der Waals surface area contributed by atoms with E-state index in [1.165, 1.54) is 12.1 Å². The quantitative estimate of drug-likeness (QED) is 0.0368. The minimum absolute atomic E-state index is 0.0166. The zero-order valence-corrected chi connectivity index (χ0v) is 32.7. The van der Waals surface area contributed by atoms with Crippen molar-refractivity contribution in [2.24, 2.45) is 5.92 Å². The number of nitrogens with zero attached hydrogens (tertiary/aromatic N) is 2. The van der Waals surface area contributed by atoms with E-state index in [0.717, 1.165) is 52.6 Å². The van der Waals surface area contributed by atoms with Gasteiger partial charge >= 0.3 is 5.51 Å². The van der Waals surface area contributed by atoms with Crippen LogP contribution in [-0.2, 0) is 4.79 Å². The molecule has 6 aromatic rings. The zero-order valence-electron chi connectivity index (χ0n) is 30.3. The van der Waals surface area contributed by atoms with Gasteiger partial charge in [0.15, 0.2) is 0 Å². The number of aliphatic hydroxyl groups is 1. The van der Waals surface area contributed by atoms with Crippen LogP contribution in [0.25, 0.3) is 22.2 Å². The van der Waals surface area contributed by atoms with Gasteiger partial charge in [-0.3, -0.25) is 9.52 Å². The van der Waals surface area contributed by atoms with Gasteiger partial charge < -0.3 is 29.8 Å². The number of thioether (sulfide) groups is 1. The van der Waals surface area contributed by atoms with E-state index in [-0.39, 0.29) is 52.5 Å². The number of ether oxygens (including phenoxy) is 1. The van der Waals surface area contributed by atoms with Crippen molar-refractivity contribution >= 4 is 69.9 Å². The number of hydrogen-bond acceptors (Lipinski definition) is 9. The average molecular weight is 832 g/mol. The third-order valence-electron chi connectivity index (χ3n) is 9.62. The number of carbonyl (C=O) groups is 2. The van der Waals surface area contributed by atoms with Crippen LogP contribution >= 0.6 is 35.3 Å². The van der Waals surface area contributed by atoms with Crippen LogP contribution in [-0.4, -0.2) is 52.4 Å². The smallest absolute Gasteiger partial charge is 0.446 e. The van der Waals surface area contributed by atoms with Gasteiger partial charge in [0.05, 0.1) is 17.9 Å². The van der Waals surface area contributed by atoms with E-state index in [2.05, 4.69) is 24.9 Å². The first kappa shape index (κ1) is 40.1. The highest BCUT2D eigenvalue weighted by molar-refractivity contribution is 8.00. The lowest BCUT2D eigenvalue weighted by Gasteiger charge is -2.36. The Labute approximate surface area is 340 Å². The Hall–Kier alpha value is -5.15. The number of rotatable bonds is 14. The molecule has 1 aliphatic rings. The number of alkyl halides is 3. The molecule has 294 valence electrons. The molecule has 0 aliphatic carbocycles. The fourth-order valence-electron chi connectivity index (χ4n) is 6.80. The number of benzene rings is 4. The Balaban J connectivity index is 1.08. The highest BCUT2D eigenvalue weighted by atomic mass is 35.5. The molecule has 1 aliphatic heterocycles. The van der Waals surface area contributed by atoms with E-state index in [9.17, 15) is 27.9 Å². The molecule has 1 saturated heterocycles. The molecule has 0 bridgehead atoms. The molecule has 1 unspecified atom stereocenters. The standard InChI is InChI=1S/C42H37ClF3N5O4S2/c43-29-8-6-26(7-9-29)33-4-1-2-5-34(33)39(53)27-15-19-51(20-16-27)30-10-12-35(37(23-30)55-31-22-28-14-18-48-40(28)49-25-31)41(54)50-57-32-11-13-36(47-17-3-21-52)38(24-32)56-42(44,45)46/h1-2,4-14,18,21-25,27,39,47,53H,3,15-17,19-20H2,(H,48,49)(H,50,54). The lowest BCUT2D eigenvalue weighted by atomic mass is 9.84. The summed E-state index contributed by atoms with van der Waals surface area (Å²) in [6.07, 6.45) is 4.92. The normalized spacial score (nSPS) is 14.0. The van der Waals surface area contributed by atoms with Crippen LogP contribution in [0.5, 0.6) is 11.5 Å². The fourth-order valence-corrected chi connectivity index (χ4v) is 8.32. The molecule has 0 spiro atoms. The monoisotopic (exact) mass is 831 g/mol. The maximum Gasteiger partial charge on any atom is 0.446 e. The van der Waals surface area contributed by atoms with Gasteiger partial charge in [-0.1, -0.05) is 48.0 Å². The molecule has 1 fully saturated rings. The van der Waals surface area contributed by atoms with Crippen molar-refractivity contribution in [3.8, 4) is 22.6 Å². The molecular formula is C42H37ClF3N5O4S2. The summed E-state index contributed by atoms with van der Waals surface area (Å²) in [5.74, 6) is 0.178. The van der Waals surface area contributed by atoms with E-state index in [1.54, 1.807) is 36.7 Å². The predicted molar refractivity (Wildman–Crippen MR) is 220 cm³/mol. The molecule has 7 rings (SSSR count). The summed E-state index contributed by atoms with van der Waals surface area (Å²) in [6, 6.07) is 28.8. The molecule has 0 saturated carbocycles. The molecular weight excluding hydrogens is 795 g/mol. The molecule has 2 aromatic heterocycles. The number of aromatic nitrogens is 2. The first-order valence-electron chi connectivity index (χ1n) is 18.1. The highest BCUT2D eigenvalue weighted by Crippen LogP contribution is 2.43. The number of pyridine rings is 1. The van der Waals surface area contributed by atoms with Crippen LogP contribution < -0.4 is 19.7 Å². The van der Waals surface area contributed by atoms with E-state index in [0.29, 0.717) is 40.7 Å². The van der Waals surface area contributed by atoms with Crippen LogP contribution in [0.2, 0.25) is 5.02 Å². The number of carbonyl (C=O) groups excluding carboxylic acids is 2.